The van der Waals surface area contributed by atoms with Gasteiger partial charge in [-0.3, -0.25) is 4.79 Å². The third-order valence-corrected chi connectivity index (χ3v) is 8.78. The Morgan fingerprint density at radius 2 is 1.48 bits per heavy atom. The Kier molecular flexibility index (Phi) is 8.92. The maximum Gasteiger partial charge on any atom is 0.335 e. The van der Waals surface area contributed by atoms with E-state index in [9.17, 15) is 43.9 Å². The van der Waals surface area contributed by atoms with Crippen LogP contribution in [0, 0.1) is 17.6 Å². The van der Waals surface area contributed by atoms with Gasteiger partial charge in [-0.2, -0.15) is 0 Å². The third kappa shape index (κ3) is 6.05. The number of carbonyl (C=O) groups is 2. The van der Waals surface area contributed by atoms with Gasteiger partial charge in [0, 0.05) is 10.6 Å². The molecule has 2 aliphatic heterocycles. The summed E-state index contributed by atoms with van der Waals surface area (Å²) in [6, 6.07) is 17.5. The maximum atomic E-state index is 13.6. The number of hydrogen-bond donors (Lipinski definition) is 5. The van der Waals surface area contributed by atoms with E-state index in [2.05, 4.69) is 0 Å². The second-order valence-corrected chi connectivity index (χ2v) is 11.5. The van der Waals surface area contributed by atoms with Crippen molar-refractivity contribution in [3.05, 3.63) is 95.6 Å². The zero-order valence-corrected chi connectivity index (χ0v) is 22.8. The zero-order chi connectivity index (χ0) is 30.1. The van der Waals surface area contributed by atoms with Crippen LogP contribution in [0.2, 0.25) is 0 Å². The number of carboxylic acid groups (broad SMARTS) is 1. The molecule has 3 aromatic carbocycles. The Hall–Kier alpha value is -3.39. The number of aliphatic hydroxyl groups is 4. The maximum absolute atomic E-state index is 13.6. The van der Waals surface area contributed by atoms with Crippen LogP contribution in [0.3, 0.4) is 0 Å². The summed E-state index contributed by atoms with van der Waals surface area (Å²) in [4.78, 5) is 26.8. The molecule has 5 rings (SSSR count). The Morgan fingerprint density at radius 1 is 0.881 bits per heavy atom. The Labute approximate surface area is 244 Å². The molecule has 1 amide bonds. The van der Waals surface area contributed by atoms with Gasteiger partial charge in [0.15, 0.2) is 6.10 Å². The van der Waals surface area contributed by atoms with Gasteiger partial charge < -0.3 is 35.2 Å². The molecular weight excluding hydrogens is 572 g/mol. The van der Waals surface area contributed by atoms with Gasteiger partial charge in [0.05, 0.1) is 18.1 Å². The number of aliphatic hydroxyl groups excluding tert-OH is 4. The molecule has 0 aliphatic carbocycles. The summed E-state index contributed by atoms with van der Waals surface area (Å²) in [6.07, 6.45) is -7.08. The van der Waals surface area contributed by atoms with Gasteiger partial charge in [-0.15, -0.1) is 0 Å². The van der Waals surface area contributed by atoms with Crippen LogP contribution in [-0.4, -0.2) is 67.3 Å². The van der Waals surface area contributed by atoms with Crippen molar-refractivity contribution in [2.24, 2.45) is 5.92 Å². The summed E-state index contributed by atoms with van der Waals surface area (Å²) in [6.45, 7) is 0. The minimum absolute atomic E-state index is 0.192. The minimum Gasteiger partial charge on any atom is -0.479 e. The van der Waals surface area contributed by atoms with Gasteiger partial charge in [-0.05, 0) is 72.5 Å². The molecule has 12 heteroatoms. The van der Waals surface area contributed by atoms with E-state index in [0.717, 1.165) is 17.3 Å². The normalized spacial score (nSPS) is 28.3. The van der Waals surface area contributed by atoms with Crippen LogP contribution in [-0.2, 0) is 14.3 Å². The molecule has 3 aromatic rings. The van der Waals surface area contributed by atoms with E-state index >= 15 is 0 Å². The standard InChI is InChI=1S/C30H29F2NO8S/c31-17-5-1-15(2-6-17)22(34)14-13-21-23(33(28(21)38)19-9-7-18(32)8-10-19)16-3-11-20(12-4-16)42-30-26(37)24(35)25(36)27(41-30)29(39)40/h1-12,21-27,30,34-37H,13-14H2,(H,39,40)/t21-,22+,23-,24+,25+,26-,27+,30+/m1/s1. The Bertz CT molecular complexity index is 1410. The van der Waals surface area contributed by atoms with Crippen LogP contribution in [0.15, 0.2) is 77.7 Å². The molecule has 5 N–H and O–H groups in total. The molecule has 9 nitrogen and oxygen atoms in total. The summed E-state index contributed by atoms with van der Waals surface area (Å²) in [5, 5.41) is 50.3. The number of thioether (sulfide) groups is 1. The first kappa shape index (κ1) is 30.1. The molecule has 0 aromatic heterocycles. The highest BCUT2D eigenvalue weighted by atomic mass is 32.2. The second-order valence-electron chi connectivity index (χ2n) is 10.3. The predicted molar refractivity (Wildman–Crippen MR) is 147 cm³/mol. The van der Waals surface area contributed by atoms with Crippen LogP contribution in [0.5, 0.6) is 0 Å². The molecule has 2 heterocycles. The highest BCUT2D eigenvalue weighted by Crippen LogP contribution is 2.47. The van der Waals surface area contributed by atoms with Crippen LogP contribution in [0.25, 0.3) is 0 Å². The first-order valence-electron chi connectivity index (χ1n) is 13.3. The van der Waals surface area contributed by atoms with Gasteiger partial charge >= 0.3 is 5.97 Å². The Morgan fingerprint density at radius 3 is 2.07 bits per heavy atom. The monoisotopic (exact) mass is 601 g/mol. The fourth-order valence-corrected chi connectivity index (χ4v) is 6.35. The van der Waals surface area contributed by atoms with Gasteiger partial charge in [0.25, 0.3) is 0 Å². The van der Waals surface area contributed by atoms with E-state index in [1.165, 1.54) is 48.5 Å². The summed E-state index contributed by atoms with van der Waals surface area (Å²) in [5.41, 5.74) is 0.614. The number of ether oxygens (including phenoxy) is 1. The van der Waals surface area contributed by atoms with E-state index in [1.807, 2.05) is 0 Å². The number of nitrogens with zero attached hydrogens (tertiary/aromatic N) is 1. The van der Waals surface area contributed by atoms with Crippen LogP contribution < -0.4 is 4.90 Å². The fourth-order valence-electron chi connectivity index (χ4n) is 5.32. The summed E-state index contributed by atoms with van der Waals surface area (Å²) in [7, 11) is 0. The summed E-state index contributed by atoms with van der Waals surface area (Å²) in [5.74, 6) is -3.03. The highest BCUT2D eigenvalue weighted by Gasteiger charge is 2.49. The average Bonchev–Trinajstić information content (AvgIpc) is 2.97. The number of benzene rings is 3. The fraction of sp³-hybridized carbons (Fsp3) is 0.333. The lowest BCUT2D eigenvalue weighted by atomic mass is 9.78. The molecule has 0 saturated carbocycles. The van der Waals surface area contributed by atoms with Gasteiger partial charge in [0.2, 0.25) is 5.91 Å². The summed E-state index contributed by atoms with van der Waals surface area (Å²) >= 11 is 0.970. The Balaban J connectivity index is 1.34. The van der Waals surface area contributed by atoms with Crippen molar-refractivity contribution < 1.29 is 48.6 Å². The number of rotatable bonds is 9. The van der Waals surface area contributed by atoms with Crippen LogP contribution in [0.4, 0.5) is 14.5 Å². The van der Waals surface area contributed by atoms with Crippen molar-refractivity contribution >= 4 is 29.3 Å². The SMILES string of the molecule is O=C(O)[C@H]1O[C@@H](Sc2ccc([C@@H]3[C@@H](CC[C@H](O)c4ccc(F)cc4)C(=O)N3c3ccc(F)cc3)cc2)[C@H](O)[C@@H](O)[C@@H]1O. The van der Waals surface area contributed by atoms with Gasteiger partial charge in [-0.25, -0.2) is 13.6 Å². The number of carboxylic acids is 1. The molecular formula is C30H29F2NO8S. The number of β-lactam (4-membered cyclic amide) rings is 1. The minimum atomic E-state index is -1.79. The van der Waals surface area contributed by atoms with Gasteiger partial charge in [-0.1, -0.05) is 36.0 Å². The summed E-state index contributed by atoms with van der Waals surface area (Å²) < 4.78 is 32.2. The zero-order valence-electron chi connectivity index (χ0n) is 22.0. The van der Waals surface area contributed by atoms with E-state index in [1.54, 1.807) is 29.2 Å². The molecule has 42 heavy (non-hydrogen) atoms. The second kappa shape index (κ2) is 12.5. The quantitative estimate of drug-likeness (QED) is 0.233. The molecule has 0 radical (unpaired) electrons. The first-order valence-corrected chi connectivity index (χ1v) is 14.1. The topological polar surface area (TPSA) is 148 Å². The number of halogens is 2. The van der Waals surface area contributed by atoms with Crippen molar-refractivity contribution in [1.82, 2.24) is 0 Å². The predicted octanol–water partition coefficient (Wildman–Crippen LogP) is 3.17. The largest absolute Gasteiger partial charge is 0.479 e. The number of carbonyl (C=O) groups excluding carboxylic acids is 1. The first-order chi connectivity index (χ1) is 20.0. The lowest BCUT2D eigenvalue weighted by molar-refractivity contribution is -0.209. The lowest BCUT2D eigenvalue weighted by Crippen LogP contribution is -2.58. The number of anilines is 1. The molecule has 8 atom stereocenters. The number of hydrogen-bond acceptors (Lipinski definition) is 8. The van der Waals surface area contributed by atoms with Crippen molar-refractivity contribution in [2.75, 3.05) is 4.90 Å². The van der Waals surface area contributed by atoms with E-state index in [0.29, 0.717) is 22.6 Å². The van der Waals surface area contributed by atoms with Crippen molar-refractivity contribution in [3.8, 4) is 0 Å². The molecule has 2 aliphatic rings. The molecule has 0 spiro atoms. The van der Waals surface area contributed by atoms with Crippen molar-refractivity contribution in [2.45, 2.75) is 59.7 Å². The molecule has 222 valence electrons. The van der Waals surface area contributed by atoms with E-state index in [4.69, 9.17) is 4.74 Å². The average molecular weight is 602 g/mol. The number of aliphatic carboxylic acids is 1. The highest BCUT2D eigenvalue weighted by molar-refractivity contribution is 7.99. The van der Waals surface area contributed by atoms with Crippen LogP contribution >= 0.6 is 11.8 Å². The molecule has 2 saturated heterocycles. The molecule has 0 unspecified atom stereocenters. The third-order valence-electron chi connectivity index (χ3n) is 7.61. The molecule has 0 bridgehead atoms. The van der Waals surface area contributed by atoms with Crippen molar-refractivity contribution in [3.63, 3.8) is 0 Å². The van der Waals surface area contributed by atoms with Crippen LogP contribution in [0.1, 0.15) is 36.1 Å². The van der Waals surface area contributed by atoms with E-state index < -0.39 is 65.5 Å². The lowest BCUT2D eigenvalue weighted by Gasteiger charge is -2.48. The molecule has 2 fully saturated rings. The smallest absolute Gasteiger partial charge is 0.335 e. The van der Waals surface area contributed by atoms with Gasteiger partial charge in [0.1, 0.15) is 35.4 Å². The van der Waals surface area contributed by atoms with E-state index in [-0.39, 0.29) is 12.3 Å². The van der Waals surface area contributed by atoms with Crippen molar-refractivity contribution in [1.29, 1.82) is 0 Å². The number of amides is 1.